The Morgan fingerprint density at radius 3 is 2.41 bits per heavy atom. The summed E-state index contributed by atoms with van der Waals surface area (Å²) in [6, 6.07) is 17.3. The maximum absolute atomic E-state index is 13.1. The van der Waals surface area contributed by atoms with Gasteiger partial charge in [0.25, 0.3) is 5.56 Å². The number of H-pyrrole nitrogens is 1. The number of esters is 1. The monoisotopic (exact) mass is 528 g/mol. The molecule has 1 aliphatic heterocycles. The Bertz CT molecular complexity index is 1630. The van der Waals surface area contributed by atoms with E-state index in [4.69, 9.17) is 4.74 Å². The minimum Gasteiger partial charge on any atom is -0.465 e. The number of carbonyl (C=O) groups is 2. The van der Waals surface area contributed by atoms with E-state index < -0.39 is 12.0 Å². The van der Waals surface area contributed by atoms with E-state index in [2.05, 4.69) is 15.4 Å². The van der Waals surface area contributed by atoms with Gasteiger partial charge >= 0.3 is 17.7 Å². The van der Waals surface area contributed by atoms with Gasteiger partial charge in [-0.2, -0.15) is 0 Å². The molecular formula is C28H28N6O5. The van der Waals surface area contributed by atoms with E-state index >= 15 is 0 Å². The van der Waals surface area contributed by atoms with Crippen LogP contribution in [0.5, 0.6) is 0 Å². The SMILES string of the molecule is COC(=O)c1cccc(-c2cc(NC(=O)N3CCC(n4nc(-c5ccccc5)[nH]c4=O)CC3)c(=O)n(C)c2)c1. The van der Waals surface area contributed by atoms with Crippen LogP contribution in [0.3, 0.4) is 0 Å². The number of hydrogen-bond acceptors (Lipinski definition) is 6. The van der Waals surface area contributed by atoms with Crippen molar-refractivity contribution in [3.63, 3.8) is 0 Å². The summed E-state index contributed by atoms with van der Waals surface area (Å²) in [7, 11) is 2.91. The minimum atomic E-state index is -0.466. The topological polar surface area (TPSA) is 131 Å². The van der Waals surface area contributed by atoms with Crippen LogP contribution in [0.25, 0.3) is 22.5 Å². The Morgan fingerprint density at radius 2 is 1.69 bits per heavy atom. The molecule has 11 heteroatoms. The maximum atomic E-state index is 13.1. The number of rotatable bonds is 5. The number of amides is 2. The van der Waals surface area contributed by atoms with E-state index in [1.807, 2.05) is 36.4 Å². The van der Waals surface area contributed by atoms with E-state index in [0.717, 1.165) is 5.56 Å². The van der Waals surface area contributed by atoms with Crippen molar-refractivity contribution in [2.75, 3.05) is 25.5 Å². The summed E-state index contributed by atoms with van der Waals surface area (Å²) in [6.45, 7) is 0.801. The van der Waals surface area contributed by atoms with Crippen molar-refractivity contribution in [1.82, 2.24) is 24.2 Å². The highest BCUT2D eigenvalue weighted by molar-refractivity contribution is 5.92. The van der Waals surface area contributed by atoms with E-state index in [-0.39, 0.29) is 23.0 Å². The lowest BCUT2D eigenvalue weighted by Gasteiger charge is -2.31. The smallest absolute Gasteiger partial charge is 0.343 e. The number of carbonyl (C=O) groups excluding carboxylic acids is 2. The zero-order valence-corrected chi connectivity index (χ0v) is 21.6. The summed E-state index contributed by atoms with van der Waals surface area (Å²) in [4.78, 5) is 54.8. The largest absolute Gasteiger partial charge is 0.465 e. The third-order valence-electron chi connectivity index (χ3n) is 6.83. The van der Waals surface area contributed by atoms with E-state index in [9.17, 15) is 19.2 Å². The molecule has 0 bridgehead atoms. The van der Waals surface area contributed by atoms with Crippen LogP contribution in [0, 0.1) is 0 Å². The third-order valence-corrected chi connectivity index (χ3v) is 6.83. The van der Waals surface area contributed by atoms with Crippen LogP contribution < -0.4 is 16.6 Å². The van der Waals surface area contributed by atoms with Gasteiger partial charge in [0.05, 0.1) is 18.7 Å². The number of pyridine rings is 1. The standard InChI is InChI=1S/C28H28N6O5/c1-32-17-21(19-9-6-10-20(15-19)26(36)39-2)16-23(25(32)35)29-27(37)33-13-11-22(12-14-33)34-28(38)30-24(31-34)18-7-4-3-5-8-18/h3-10,15-17,22H,11-14H2,1-2H3,(H,29,37)(H,30,31,38). The van der Waals surface area contributed by atoms with Crippen LogP contribution in [-0.2, 0) is 11.8 Å². The highest BCUT2D eigenvalue weighted by Gasteiger charge is 2.27. The van der Waals surface area contributed by atoms with Crippen LogP contribution in [0.1, 0.15) is 29.2 Å². The van der Waals surface area contributed by atoms with Gasteiger partial charge in [0.1, 0.15) is 5.69 Å². The summed E-state index contributed by atoms with van der Waals surface area (Å²) in [5.74, 6) is 0.0422. The molecule has 0 aliphatic carbocycles. The number of aromatic nitrogens is 4. The molecule has 3 heterocycles. The quantitative estimate of drug-likeness (QED) is 0.382. The van der Waals surface area contributed by atoms with Crippen LogP contribution in [0.2, 0.25) is 0 Å². The molecule has 0 saturated carbocycles. The molecule has 0 unspecified atom stereocenters. The molecule has 1 aliphatic rings. The van der Waals surface area contributed by atoms with Crippen LogP contribution >= 0.6 is 0 Å². The average molecular weight is 529 g/mol. The highest BCUT2D eigenvalue weighted by atomic mass is 16.5. The average Bonchev–Trinajstić information content (AvgIpc) is 3.37. The zero-order chi connectivity index (χ0) is 27.5. The van der Waals surface area contributed by atoms with Crippen molar-refractivity contribution >= 4 is 17.7 Å². The second-order valence-electron chi connectivity index (χ2n) is 9.37. The van der Waals surface area contributed by atoms with E-state index in [0.29, 0.717) is 48.4 Å². The minimum absolute atomic E-state index is 0.126. The molecule has 1 fully saturated rings. The fourth-order valence-electron chi connectivity index (χ4n) is 4.72. The van der Waals surface area contributed by atoms with Gasteiger partial charge in [0.2, 0.25) is 0 Å². The first kappa shape index (κ1) is 25.7. The first-order chi connectivity index (χ1) is 18.8. The normalized spacial score (nSPS) is 13.7. The molecule has 5 rings (SSSR count). The first-order valence-electron chi connectivity index (χ1n) is 12.5. The Balaban J connectivity index is 1.28. The fraction of sp³-hybridized carbons (Fsp3) is 0.250. The Labute approximate surface area is 223 Å². The van der Waals surface area contributed by atoms with Crippen molar-refractivity contribution in [3.8, 4) is 22.5 Å². The molecule has 4 aromatic rings. The molecule has 0 atom stereocenters. The summed E-state index contributed by atoms with van der Waals surface area (Å²) in [6.07, 6.45) is 2.74. The number of anilines is 1. The second kappa shape index (κ2) is 10.8. The first-order valence-corrected chi connectivity index (χ1v) is 12.5. The van der Waals surface area contributed by atoms with Crippen molar-refractivity contribution < 1.29 is 14.3 Å². The molecule has 39 heavy (non-hydrogen) atoms. The van der Waals surface area contributed by atoms with Gasteiger partial charge in [0.15, 0.2) is 5.82 Å². The molecule has 0 spiro atoms. The molecule has 200 valence electrons. The Morgan fingerprint density at radius 1 is 0.974 bits per heavy atom. The summed E-state index contributed by atoms with van der Waals surface area (Å²) >= 11 is 0. The molecule has 2 aromatic carbocycles. The van der Waals surface area contributed by atoms with Gasteiger partial charge in [-0.1, -0.05) is 42.5 Å². The van der Waals surface area contributed by atoms with E-state index in [1.165, 1.54) is 16.4 Å². The number of piperidine rings is 1. The number of methoxy groups -OCH3 is 1. The Kier molecular flexibility index (Phi) is 7.13. The predicted molar refractivity (Wildman–Crippen MR) is 146 cm³/mol. The van der Waals surface area contributed by atoms with Gasteiger partial charge < -0.3 is 19.5 Å². The lowest BCUT2D eigenvalue weighted by atomic mass is 10.0. The molecule has 11 nitrogen and oxygen atoms in total. The van der Waals surface area contributed by atoms with Crippen molar-refractivity contribution in [3.05, 3.63) is 93.3 Å². The van der Waals surface area contributed by atoms with E-state index in [1.54, 1.807) is 42.4 Å². The number of nitrogens with one attached hydrogen (secondary N) is 2. The number of benzene rings is 2. The third kappa shape index (κ3) is 5.37. The zero-order valence-electron chi connectivity index (χ0n) is 21.6. The van der Waals surface area contributed by atoms with Gasteiger partial charge in [0, 0.05) is 37.5 Å². The molecule has 2 aromatic heterocycles. The van der Waals surface area contributed by atoms with Crippen LogP contribution in [-0.4, -0.2) is 56.4 Å². The molecule has 1 saturated heterocycles. The van der Waals surface area contributed by atoms with Gasteiger partial charge in [-0.15, -0.1) is 5.10 Å². The predicted octanol–water partition coefficient (Wildman–Crippen LogP) is 3.26. The lowest BCUT2D eigenvalue weighted by molar-refractivity contribution is 0.0600. The second-order valence-corrected chi connectivity index (χ2v) is 9.37. The van der Waals surface area contributed by atoms with Gasteiger partial charge in [-0.3, -0.25) is 9.78 Å². The van der Waals surface area contributed by atoms with Gasteiger partial charge in [-0.05, 0) is 36.6 Å². The fourth-order valence-corrected chi connectivity index (χ4v) is 4.72. The highest BCUT2D eigenvalue weighted by Crippen LogP contribution is 2.24. The Hall–Kier alpha value is -4.93. The number of nitrogens with zero attached hydrogens (tertiary/aromatic N) is 4. The summed E-state index contributed by atoms with van der Waals surface area (Å²) in [5, 5.41) is 7.22. The number of aryl methyl sites for hydroxylation is 1. The number of likely N-dealkylation sites (tertiary alicyclic amines) is 1. The lowest BCUT2D eigenvalue weighted by Crippen LogP contribution is -2.43. The molecular weight excluding hydrogens is 500 g/mol. The van der Waals surface area contributed by atoms with Crippen molar-refractivity contribution in [1.29, 1.82) is 0 Å². The molecule has 2 N–H and O–H groups in total. The van der Waals surface area contributed by atoms with Crippen LogP contribution in [0.4, 0.5) is 10.5 Å². The van der Waals surface area contributed by atoms with Crippen molar-refractivity contribution in [2.45, 2.75) is 18.9 Å². The number of aromatic amines is 1. The molecule has 0 radical (unpaired) electrons. The van der Waals surface area contributed by atoms with Crippen LogP contribution in [0.15, 0.2) is 76.4 Å². The number of ether oxygens (including phenoxy) is 1. The van der Waals surface area contributed by atoms with Crippen molar-refractivity contribution in [2.24, 2.45) is 7.05 Å². The summed E-state index contributed by atoms with van der Waals surface area (Å²) in [5.41, 5.74) is 2.04. The molecule has 2 amide bonds. The summed E-state index contributed by atoms with van der Waals surface area (Å²) < 4.78 is 7.64. The maximum Gasteiger partial charge on any atom is 0.343 e. The van der Waals surface area contributed by atoms with Gasteiger partial charge in [-0.25, -0.2) is 19.1 Å². The number of urea groups is 1. The number of hydrogen-bond donors (Lipinski definition) is 2.